The van der Waals surface area contributed by atoms with Crippen LogP contribution < -0.4 is 0 Å². The van der Waals surface area contributed by atoms with Crippen LogP contribution in [0.25, 0.3) is 10.8 Å². The molecule has 0 saturated carbocycles. The van der Waals surface area contributed by atoms with Gasteiger partial charge in [0.25, 0.3) is 5.91 Å². The molecule has 1 aliphatic heterocycles. The molecule has 1 fully saturated rings. The van der Waals surface area contributed by atoms with Gasteiger partial charge in [-0.15, -0.1) is 0 Å². The Morgan fingerprint density at radius 2 is 1.54 bits per heavy atom. The molecule has 0 aliphatic carbocycles. The molecule has 3 aromatic carbocycles. The van der Waals surface area contributed by atoms with Gasteiger partial charge in [-0.25, -0.2) is 0 Å². The minimum Gasteiger partial charge on any atom is -0.339 e. The Morgan fingerprint density at radius 3 is 2.23 bits per heavy atom. The summed E-state index contributed by atoms with van der Waals surface area (Å²) in [7, 11) is 0. The predicted octanol–water partition coefficient (Wildman–Crippen LogP) is 5.24. The summed E-state index contributed by atoms with van der Waals surface area (Å²) in [6.07, 6.45) is 3.30. The number of aryl methyl sites for hydroxylation is 1. The highest BCUT2D eigenvalue weighted by Crippen LogP contribution is 2.25. The van der Waals surface area contributed by atoms with Crippen molar-refractivity contribution in [3.05, 3.63) is 83.4 Å². The molecule has 1 aliphatic rings. The maximum atomic E-state index is 13.1. The Kier molecular flexibility index (Phi) is 4.75. The highest BCUT2D eigenvalue weighted by Gasteiger charge is 2.24. The highest BCUT2D eigenvalue weighted by molar-refractivity contribution is 6.00. The Hall–Kier alpha value is -2.61. The standard InChI is InChI=1S/C24H25NO/c1-18-15-21-9-5-6-10-22(21)17-23(18)24(26)25-13-11-20(12-14-25)16-19-7-3-2-4-8-19/h2-10,15,17,20H,11-14,16H2,1H3. The second-order valence-corrected chi connectivity index (χ2v) is 7.44. The van der Waals surface area contributed by atoms with Gasteiger partial charge in [0, 0.05) is 18.7 Å². The molecule has 1 heterocycles. The number of rotatable bonds is 3. The third-order valence-electron chi connectivity index (χ3n) is 5.59. The Balaban J connectivity index is 1.44. The zero-order valence-electron chi connectivity index (χ0n) is 15.3. The van der Waals surface area contributed by atoms with Crippen molar-refractivity contribution < 1.29 is 4.79 Å². The van der Waals surface area contributed by atoms with Crippen molar-refractivity contribution in [2.75, 3.05) is 13.1 Å². The number of fused-ring (bicyclic) bond motifs is 1. The lowest BCUT2D eigenvalue weighted by molar-refractivity contribution is 0.0690. The first-order chi connectivity index (χ1) is 12.7. The smallest absolute Gasteiger partial charge is 0.254 e. The largest absolute Gasteiger partial charge is 0.339 e. The van der Waals surface area contributed by atoms with Crippen molar-refractivity contribution in [2.24, 2.45) is 5.92 Å². The van der Waals surface area contributed by atoms with Gasteiger partial charge < -0.3 is 4.90 Å². The maximum absolute atomic E-state index is 13.1. The molecule has 132 valence electrons. The SMILES string of the molecule is Cc1cc2ccccc2cc1C(=O)N1CCC(Cc2ccccc2)CC1. The molecule has 26 heavy (non-hydrogen) atoms. The van der Waals surface area contributed by atoms with E-state index in [1.54, 1.807) is 0 Å². The summed E-state index contributed by atoms with van der Waals surface area (Å²) < 4.78 is 0. The summed E-state index contributed by atoms with van der Waals surface area (Å²) in [5.41, 5.74) is 3.33. The molecular formula is C24H25NO. The molecule has 2 heteroatoms. The van der Waals surface area contributed by atoms with Crippen molar-refractivity contribution >= 4 is 16.7 Å². The van der Waals surface area contributed by atoms with Gasteiger partial charge in [0.2, 0.25) is 0 Å². The van der Waals surface area contributed by atoms with Crippen LogP contribution in [0.5, 0.6) is 0 Å². The number of carbonyl (C=O) groups excluding carboxylic acids is 1. The fourth-order valence-corrected chi connectivity index (χ4v) is 4.04. The van der Waals surface area contributed by atoms with E-state index in [0.29, 0.717) is 5.92 Å². The molecule has 0 unspecified atom stereocenters. The molecule has 3 aromatic rings. The van der Waals surface area contributed by atoms with Gasteiger partial charge >= 0.3 is 0 Å². The van der Waals surface area contributed by atoms with E-state index in [0.717, 1.165) is 48.9 Å². The summed E-state index contributed by atoms with van der Waals surface area (Å²) in [5.74, 6) is 0.866. The lowest BCUT2D eigenvalue weighted by Crippen LogP contribution is -2.39. The van der Waals surface area contributed by atoms with Crippen LogP contribution in [-0.2, 0) is 6.42 Å². The molecule has 1 amide bonds. The second-order valence-electron chi connectivity index (χ2n) is 7.44. The van der Waals surface area contributed by atoms with Crippen LogP contribution in [-0.4, -0.2) is 23.9 Å². The van der Waals surface area contributed by atoms with Crippen molar-refractivity contribution in [1.82, 2.24) is 4.90 Å². The number of amides is 1. The van der Waals surface area contributed by atoms with Crippen LogP contribution in [0.3, 0.4) is 0 Å². The summed E-state index contributed by atoms with van der Waals surface area (Å²) in [5, 5.41) is 2.34. The third-order valence-corrected chi connectivity index (χ3v) is 5.59. The second kappa shape index (κ2) is 7.33. The van der Waals surface area contributed by atoms with Crippen LogP contribution in [0.4, 0.5) is 0 Å². The third kappa shape index (κ3) is 3.50. The maximum Gasteiger partial charge on any atom is 0.254 e. The van der Waals surface area contributed by atoms with Gasteiger partial charge in [0.15, 0.2) is 0 Å². The summed E-state index contributed by atoms with van der Waals surface area (Å²) in [6, 6.07) is 23.1. The monoisotopic (exact) mass is 343 g/mol. The number of hydrogen-bond donors (Lipinski definition) is 0. The lowest BCUT2D eigenvalue weighted by atomic mass is 9.89. The normalized spacial score (nSPS) is 15.3. The van der Waals surface area contributed by atoms with Crippen LogP contribution in [0.1, 0.15) is 34.3 Å². The van der Waals surface area contributed by atoms with E-state index in [1.807, 2.05) is 24.0 Å². The van der Waals surface area contributed by atoms with Crippen molar-refractivity contribution in [3.8, 4) is 0 Å². The molecule has 0 bridgehead atoms. The molecule has 0 N–H and O–H groups in total. The van der Waals surface area contributed by atoms with E-state index in [-0.39, 0.29) is 5.91 Å². The van der Waals surface area contributed by atoms with Crippen LogP contribution in [0.2, 0.25) is 0 Å². The van der Waals surface area contributed by atoms with Crippen molar-refractivity contribution in [2.45, 2.75) is 26.2 Å². The fourth-order valence-electron chi connectivity index (χ4n) is 4.04. The topological polar surface area (TPSA) is 20.3 Å². The first-order valence-corrected chi connectivity index (χ1v) is 9.53. The molecule has 2 nitrogen and oxygen atoms in total. The van der Waals surface area contributed by atoms with Gasteiger partial charge in [-0.05, 0) is 60.1 Å². The van der Waals surface area contributed by atoms with Gasteiger partial charge in [-0.2, -0.15) is 0 Å². The first kappa shape index (κ1) is 16.8. The number of likely N-dealkylation sites (tertiary alicyclic amines) is 1. The lowest BCUT2D eigenvalue weighted by Gasteiger charge is -2.32. The number of benzene rings is 3. The molecule has 0 spiro atoms. The molecule has 4 rings (SSSR count). The number of carbonyl (C=O) groups is 1. The number of hydrogen-bond acceptors (Lipinski definition) is 1. The van der Waals surface area contributed by atoms with Crippen LogP contribution in [0, 0.1) is 12.8 Å². The Labute approximate surface area is 155 Å². The van der Waals surface area contributed by atoms with Crippen LogP contribution >= 0.6 is 0 Å². The van der Waals surface area contributed by atoms with Gasteiger partial charge in [0.1, 0.15) is 0 Å². The van der Waals surface area contributed by atoms with E-state index in [9.17, 15) is 4.79 Å². The minimum atomic E-state index is 0.186. The van der Waals surface area contributed by atoms with Gasteiger partial charge in [0.05, 0.1) is 0 Å². The summed E-state index contributed by atoms with van der Waals surface area (Å²) in [6.45, 7) is 3.77. The Morgan fingerprint density at radius 1 is 0.923 bits per heavy atom. The van der Waals surface area contributed by atoms with E-state index in [2.05, 4.69) is 54.6 Å². The van der Waals surface area contributed by atoms with Crippen LogP contribution in [0.15, 0.2) is 66.7 Å². The van der Waals surface area contributed by atoms with E-state index in [1.165, 1.54) is 10.9 Å². The summed E-state index contributed by atoms with van der Waals surface area (Å²) in [4.78, 5) is 15.1. The number of piperidine rings is 1. The average Bonchev–Trinajstić information content (AvgIpc) is 2.68. The van der Waals surface area contributed by atoms with E-state index >= 15 is 0 Å². The average molecular weight is 343 g/mol. The molecular weight excluding hydrogens is 318 g/mol. The molecule has 1 saturated heterocycles. The molecule has 0 atom stereocenters. The van der Waals surface area contributed by atoms with Crippen molar-refractivity contribution in [1.29, 1.82) is 0 Å². The quantitative estimate of drug-likeness (QED) is 0.636. The van der Waals surface area contributed by atoms with Crippen molar-refractivity contribution in [3.63, 3.8) is 0 Å². The zero-order chi connectivity index (χ0) is 17.9. The zero-order valence-corrected chi connectivity index (χ0v) is 15.3. The van der Waals surface area contributed by atoms with Gasteiger partial charge in [-0.1, -0.05) is 60.7 Å². The minimum absolute atomic E-state index is 0.186. The molecule has 0 radical (unpaired) electrons. The van der Waals surface area contributed by atoms with E-state index in [4.69, 9.17) is 0 Å². The van der Waals surface area contributed by atoms with Gasteiger partial charge in [-0.3, -0.25) is 4.79 Å². The number of nitrogens with zero attached hydrogens (tertiary/aromatic N) is 1. The Bertz CT molecular complexity index is 908. The molecule has 0 aromatic heterocycles. The first-order valence-electron chi connectivity index (χ1n) is 9.53. The summed E-state index contributed by atoms with van der Waals surface area (Å²) >= 11 is 0. The highest BCUT2D eigenvalue weighted by atomic mass is 16.2. The predicted molar refractivity (Wildman–Crippen MR) is 107 cm³/mol. The fraction of sp³-hybridized carbons (Fsp3) is 0.292. The van der Waals surface area contributed by atoms with E-state index < -0.39 is 0 Å².